The molecule has 0 atom stereocenters. The maximum atomic E-state index is 4.56. The first-order valence-corrected chi connectivity index (χ1v) is 7.60. The molecule has 0 bridgehead atoms. The predicted octanol–water partition coefficient (Wildman–Crippen LogP) is 3.67. The topological polar surface area (TPSA) is 40.7 Å². The first kappa shape index (κ1) is 13.4. The number of aromatic amines is 1. The van der Waals surface area contributed by atoms with Crippen LogP contribution in [0.4, 0.5) is 0 Å². The molecule has 0 unspecified atom stereocenters. The molecule has 1 saturated heterocycles. The summed E-state index contributed by atoms with van der Waals surface area (Å²) in [6.45, 7) is 6.67. The van der Waals surface area contributed by atoms with Crippen molar-refractivity contribution in [2.75, 3.05) is 13.1 Å². The van der Waals surface area contributed by atoms with Crippen LogP contribution in [0.1, 0.15) is 49.8 Å². The van der Waals surface area contributed by atoms with Crippen LogP contribution >= 0.6 is 0 Å². The minimum atomic E-state index is 0.576. The van der Waals surface area contributed by atoms with Crippen LogP contribution in [0.2, 0.25) is 0 Å². The molecule has 20 heavy (non-hydrogen) atoms. The third kappa shape index (κ3) is 2.63. The van der Waals surface area contributed by atoms with Crippen LogP contribution in [0.25, 0.3) is 11.3 Å². The van der Waals surface area contributed by atoms with Gasteiger partial charge in [0.05, 0.1) is 12.0 Å². The van der Waals surface area contributed by atoms with Gasteiger partial charge >= 0.3 is 0 Å². The maximum Gasteiger partial charge on any atom is 0.0929 e. The lowest BCUT2D eigenvalue weighted by atomic mass is 9.91. The highest BCUT2D eigenvalue weighted by atomic mass is 14.9. The highest BCUT2D eigenvalue weighted by molar-refractivity contribution is 5.63. The summed E-state index contributed by atoms with van der Waals surface area (Å²) < 4.78 is 0. The van der Waals surface area contributed by atoms with Crippen molar-refractivity contribution in [1.29, 1.82) is 0 Å². The van der Waals surface area contributed by atoms with Crippen molar-refractivity contribution in [3.63, 3.8) is 0 Å². The van der Waals surface area contributed by atoms with E-state index in [1.807, 2.05) is 6.33 Å². The maximum absolute atomic E-state index is 4.56. The second kappa shape index (κ2) is 5.80. The minimum Gasteiger partial charge on any atom is -0.348 e. The average Bonchev–Trinajstić information content (AvgIpc) is 2.97. The Labute approximate surface area is 120 Å². The number of hydrogen-bond donors (Lipinski definition) is 2. The van der Waals surface area contributed by atoms with Gasteiger partial charge in [-0.15, -0.1) is 0 Å². The molecule has 3 heteroatoms. The van der Waals surface area contributed by atoms with Gasteiger partial charge in [-0.3, -0.25) is 0 Å². The van der Waals surface area contributed by atoms with E-state index < -0.39 is 0 Å². The second-order valence-corrected chi connectivity index (χ2v) is 5.97. The predicted molar refractivity (Wildman–Crippen MR) is 83.0 cm³/mol. The summed E-state index contributed by atoms with van der Waals surface area (Å²) >= 11 is 0. The lowest BCUT2D eigenvalue weighted by molar-refractivity contribution is 0.455. The highest BCUT2D eigenvalue weighted by Crippen LogP contribution is 2.31. The molecule has 2 heterocycles. The summed E-state index contributed by atoms with van der Waals surface area (Å²) in [4.78, 5) is 7.93. The van der Waals surface area contributed by atoms with E-state index in [1.165, 1.54) is 29.7 Å². The lowest BCUT2D eigenvalue weighted by Gasteiger charge is -2.22. The summed E-state index contributed by atoms with van der Waals surface area (Å²) in [6, 6.07) is 8.86. The number of nitrogens with zero attached hydrogens (tertiary/aromatic N) is 1. The van der Waals surface area contributed by atoms with Crippen molar-refractivity contribution in [2.24, 2.45) is 0 Å². The molecular formula is C17H23N3. The number of piperidine rings is 1. The Hall–Kier alpha value is -1.61. The molecule has 0 aliphatic carbocycles. The fraction of sp³-hybridized carbons (Fsp3) is 0.471. The normalized spacial score (nSPS) is 16.8. The van der Waals surface area contributed by atoms with Crippen LogP contribution in [0.5, 0.6) is 0 Å². The Bertz CT molecular complexity index is 548. The summed E-state index contributed by atoms with van der Waals surface area (Å²) in [5, 5.41) is 3.42. The number of aromatic nitrogens is 2. The number of imidazole rings is 1. The van der Waals surface area contributed by atoms with Gasteiger partial charge in [-0.25, -0.2) is 4.98 Å². The molecule has 1 fully saturated rings. The standard InChI is InChI=1S/C17H23N3/c1-12(2)13-3-5-14(6-4-13)16-17(20-11-19-16)15-7-9-18-10-8-15/h3-6,11-12,15,18H,7-10H2,1-2H3,(H,19,20). The van der Waals surface area contributed by atoms with Crippen molar-refractivity contribution >= 4 is 0 Å². The van der Waals surface area contributed by atoms with E-state index in [2.05, 4.69) is 53.4 Å². The molecule has 0 saturated carbocycles. The number of H-pyrrole nitrogens is 1. The van der Waals surface area contributed by atoms with E-state index in [9.17, 15) is 0 Å². The molecule has 1 aromatic heterocycles. The molecule has 3 rings (SSSR count). The lowest BCUT2D eigenvalue weighted by Crippen LogP contribution is -2.27. The number of rotatable bonds is 3. The van der Waals surface area contributed by atoms with Crippen molar-refractivity contribution in [3.8, 4) is 11.3 Å². The molecule has 3 nitrogen and oxygen atoms in total. The Kier molecular flexibility index (Phi) is 3.88. The van der Waals surface area contributed by atoms with Gasteiger partial charge in [0.1, 0.15) is 0 Å². The first-order valence-electron chi connectivity index (χ1n) is 7.60. The molecule has 1 aromatic carbocycles. The van der Waals surface area contributed by atoms with E-state index in [0.29, 0.717) is 11.8 Å². The van der Waals surface area contributed by atoms with Crippen LogP contribution in [0.3, 0.4) is 0 Å². The zero-order chi connectivity index (χ0) is 13.9. The van der Waals surface area contributed by atoms with Gasteiger partial charge in [-0.05, 0) is 37.4 Å². The number of nitrogens with one attached hydrogen (secondary N) is 2. The summed E-state index contributed by atoms with van der Waals surface area (Å²) in [7, 11) is 0. The Morgan fingerprint density at radius 2 is 1.80 bits per heavy atom. The summed E-state index contributed by atoms with van der Waals surface area (Å²) in [5.74, 6) is 1.19. The molecule has 1 aliphatic heterocycles. The highest BCUT2D eigenvalue weighted by Gasteiger charge is 2.20. The molecule has 1 aliphatic rings. The van der Waals surface area contributed by atoms with Gasteiger partial charge in [0, 0.05) is 17.2 Å². The fourth-order valence-electron chi connectivity index (χ4n) is 2.98. The summed E-state index contributed by atoms with van der Waals surface area (Å²) in [5.41, 5.74) is 5.05. The van der Waals surface area contributed by atoms with E-state index >= 15 is 0 Å². The average molecular weight is 269 g/mol. The van der Waals surface area contributed by atoms with Gasteiger partial charge < -0.3 is 10.3 Å². The molecule has 2 N–H and O–H groups in total. The molecule has 0 amide bonds. The quantitative estimate of drug-likeness (QED) is 0.892. The van der Waals surface area contributed by atoms with Crippen LogP contribution in [-0.4, -0.2) is 23.1 Å². The molecule has 0 spiro atoms. The van der Waals surface area contributed by atoms with E-state index in [1.54, 1.807) is 0 Å². The van der Waals surface area contributed by atoms with Crippen LogP contribution in [0, 0.1) is 0 Å². The van der Waals surface area contributed by atoms with Gasteiger partial charge in [0.25, 0.3) is 0 Å². The second-order valence-electron chi connectivity index (χ2n) is 5.97. The Morgan fingerprint density at radius 3 is 2.45 bits per heavy atom. The third-order valence-corrected chi connectivity index (χ3v) is 4.27. The monoisotopic (exact) mass is 269 g/mol. The van der Waals surface area contributed by atoms with Crippen molar-refractivity contribution in [1.82, 2.24) is 15.3 Å². The van der Waals surface area contributed by atoms with Crippen LogP contribution in [0.15, 0.2) is 30.6 Å². The smallest absolute Gasteiger partial charge is 0.0929 e. The van der Waals surface area contributed by atoms with Crippen molar-refractivity contribution in [3.05, 3.63) is 41.9 Å². The Balaban J connectivity index is 1.88. The fourth-order valence-corrected chi connectivity index (χ4v) is 2.98. The van der Waals surface area contributed by atoms with Crippen LogP contribution < -0.4 is 5.32 Å². The largest absolute Gasteiger partial charge is 0.348 e. The third-order valence-electron chi connectivity index (χ3n) is 4.27. The van der Waals surface area contributed by atoms with Crippen LogP contribution in [-0.2, 0) is 0 Å². The molecule has 0 radical (unpaired) electrons. The molecule has 2 aromatic rings. The number of hydrogen-bond acceptors (Lipinski definition) is 2. The van der Waals surface area contributed by atoms with Gasteiger partial charge in [0.2, 0.25) is 0 Å². The summed E-state index contributed by atoms with van der Waals surface area (Å²) in [6.07, 6.45) is 4.22. The number of benzene rings is 1. The van der Waals surface area contributed by atoms with Crippen molar-refractivity contribution in [2.45, 2.75) is 38.5 Å². The molecule has 106 valence electrons. The van der Waals surface area contributed by atoms with Gasteiger partial charge in [-0.1, -0.05) is 38.1 Å². The van der Waals surface area contributed by atoms with E-state index in [-0.39, 0.29) is 0 Å². The first-order chi connectivity index (χ1) is 9.75. The zero-order valence-corrected chi connectivity index (χ0v) is 12.3. The molecular weight excluding hydrogens is 246 g/mol. The zero-order valence-electron chi connectivity index (χ0n) is 12.3. The van der Waals surface area contributed by atoms with Crippen molar-refractivity contribution < 1.29 is 0 Å². The Morgan fingerprint density at radius 1 is 1.10 bits per heavy atom. The SMILES string of the molecule is CC(C)c1ccc(-c2nc[nH]c2C2CCNCC2)cc1. The van der Waals surface area contributed by atoms with Gasteiger partial charge in [-0.2, -0.15) is 0 Å². The van der Waals surface area contributed by atoms with E-state index in [4.69, 9.17) is 0 Å². The van der Waals surface area contributed by atoms with Gasteiger partial charge in [0.15, 0.2) is 0 Å². The van der Waals surface area contributed by atoms with E-state index in [0.717, 1.165) is 18.8 Å². The minimum absolute atomic E-state index is 0.576.